The number of fused-ring (bicyclic) bond motifs is 1. The van der Waals surface area contributed by atoms with E-state index in [2.05, 4.69) is 26.9 Å². The summed E-state index contributed by atoms with van der Waals surface area (Å²) in [6, 6.07) is 5.57. The van der Waals surface area contributed by atoms with Gasteiger partial charge in [0.15, 0.2) is 5.89 Å². The predicted molar refractivity (Wildman–Crippen MR) is 110 cm³/mol. The van der Waals surface area contributed by atoms with Gasteiger partial charge in [0.1, 0.15) is 11.6 Å². The molecule has 2 aliphatic heterocycles. The van der Waals surface area contributed by atoms with Crippen LogP contribution in [0, 0.1) is 12.3 Å². The van der Waals surface area contributed by atoms with Crippen molar-refractivity contribution in [2.24, 2.45) is 5.41 Å². The number of nitrogens with zero attached hydrogens (tertiary/aromatic N) is 4. The monoisotopic (exact) mass is 413 g/mol. The number of hydrogen-bond acceptors (Lipinski definition) is 5. The molecule has 0 radical (unpaired) electrons. The van der Waals surface area contributed by atoms with Gasteiger partial charge in [0.25, 0.3) is 0 Å². The third kappa shape index (κ3) is 3.32. The van der Waals surface area contributed by atoms with Gasteiger partial charge in [-0.1, -0.05) is 11.6 Å². The Morgan fingerprint density at radius 3 is 2.97 bits per heavy atom. The number of amides is 1. The fourth-order valence-corrected chi connectivity index (χ4v) is 5.01. The van der Waals surface area contributed by atoms with Crippen LogP contribution in [0.25, 0.3) is 11.0 Å². The molecule has 1 N–H and O–H groups in total. The van der Waals surface area contributed by atoms with E-state index in [9.17, 15) is 4.79 Å². The maximum Gasteiger partial charge on any atom is 0.223 e. The lowest BCUT2D eigenvalue weighted by Crippen LogP contribution is -2.61. The van der Waals surface area contributed by atoms with Gasteiger partial charge in [-0.3, -0.25) is 4.79 Å². The van der Waals surface area contributed by atoms with E-state index in [0.717, 1.165) is 54.7 Å². The molecule has 1 atom stereocenters. The molecule has 7 nitrogen and oxygen atoms in total. The first-order valence-electron chi connectivity index (χ1n) is 9.95. The molecule has 0 saturated carbocycles. The van der Waals surface area contributed by atoms with Crippen LogP contribution >= 0.6 is 11.6 Å². The van der Waals surface area contributed by atoms with E-state index < -0.39 is 0 Å². The molecule has 3 aromatic rings. The molecular weight excluding hydrogens is 390 g/mol. The van der Waals surface area contributed by atoms with E-state index in [1.807, 2.05) is 30.0 Å². The fourth-order valence-electron chi connectivity index (χ4n) is 4.84. The number of nitrogens with one attached hydrogen (secondary N) is 1. The van der Waals surface area contributed by atoms with E-state index in [1.54, 1.807) is 6.20 Å². The zero-order valence-corrected chi connectivity index (χ0v) is 17.4. The molecule has 0 bridgehead atoms. The Balaban J connectivity index is 1.22. The van der Waals surface area contributed by atoms with Crippen LogP contribution in [0.15, 0.2) is 28.8 Å². The van der Waals surface area contributed by atoms with Gasteiger partial charge in [0.05, 0.1) is 23.1 Å². The highest BCUT2D eigenvalue weighted by atomic mass is 35.5. The van der Waals surface area contributed by atoms with Crippen molar-refractivity contribution >= 4 is 28.5 Å². The quantitative estimate of drug-likeness (QED) is 0.711. The number of oxazole rings is 1. The highest BCUT2D eigenvalue weighted by Gasteiger charge is 2.56. The van der Waals surface area contributed by atoms with Gasteiger partial charge in [-0.15, -0.1) is 0 Å². The van der Waals surface area contributed by atoms with E-state index >= 15 is 0 Å². The second-order valence-electron chi connectivity index (χ2n) is 8.52. The molecule has 4 heterocycles. The maximum atomic E-state index is 12.7. The minimum absolute atomic E-state index is 0.0534. The number of likely N-dealkylation sites (tertiary alicyclic amines) is 2. The number of likely N-dealkylation sites (N-methyl/N-ethyl adjacent to an activating group) is 1. The molecule has 1 aromatic carbocycles. The van der Waals surface area contributed by atoms with Crippen molar-refractivity contribution in [2.75, 3.05) is 33.2 Å². The van der Waals surface area contributed by atoms with Gasteiger partial charge in [0, 0.05) is 49.5 Å². The van der Waals surface area contributed by atoms with Gasteiger partial charge >= 0.3 is 0 Å². The number of carbonyl (C=O) groups is 1. The largest absolute Gasteiger partial charge is 0.446 e. The Hall–Kier alpha value is -2.38. The number of benzene rings is 1. The normalized spacial score (nSPS) is 21.2. The number of carbonyl (C=O) groups excluding carboxylic acids is 1. The number of hydrogen-bond donors (Lipinski definition) is 1. The van der Waals surface area contributed by atoms with Crippen LogP contribution in [-0.2, 0) is 11.2 Å². The Morgan fingerprint density at radius 2 is 2.21 bits per heavy atom. The predicted octanol–water partition coefficient (Wildman–Crippen LogP) is 3.00. The van der Waals surface area contributed by atoms with Crippen molar-refractivity contribution in [1.29, 1.82) is 0 Å². The van der Waals surface area contributed by atoms with Crippen LogP contribution in [0.3, 0.4) is 0 Å². The summed E-state index contributed by atoms with van der Waals surface area (Å²) >= 11 is 6.03. The van der Waals surface area contributed by atoms with Crippen LogP contribution < -0.4 is 0 Å². The van der Waals surface area contributed by atoms with Crippen molar-refractivity contribution in [1.82, 2.24) is 24.8 Å². The summed E-state index contributed by atoms with van der Waals surface area (Å²) in [5.74, 6) is 2.87. The molecule has 1 spiro atoms. The number of H-pyrrole nitrogens is 1. The lowest BCUT2D eigenvalue weighted by molar-refractivity contribution is -0.143. The first kappa shape index (κ1) is 18.6. The smallest absolute Gasteiger partial charge is 0.223 e. The molecular formula is C21H24ClN5O2. The molecule has 2 aliphatic rings. The molecule has 0 aliphatic carbocycles. The molecule has 8 heteroatoms. The Kier molecular flexibility index (Phi) is 4.40. The van der Waals surface area contributed by atoms with Crippen LogP contribution in [0.2, 0.25) is 5.02 Å². The van der Waals surface area contributed by atoms with Crippen LogP contribution in [0.5, 0.6) is 0 Å². The molecule has 1 amide bonds. The highest BCUT2D eigenvalue weighted by Crippen LogP contribution is 2.48. The summed E-state index contributed by atoms with van der Waals surface area (Å²) in [6.45, 7) is 5.33. The van der Waals surface area contributed by atoms with Gasteiger partial charge < -0.3 is 19.2 Å². The zero-order valence-electron chi connectivity index (χ0n) is 16.6. The van der Waals surface area contributed by atoms with Gasteiger partial charge in [0.2, 0.25) is 5.91 Å². The van der Waals surface area contributed by atoms with Crippen molar-refractivity contribution < 1.29 is 9.21 Å². The molecule has 29 heavy (non-hydrogen) atoms. The number of aromatic nitrogens is 3. The van der Waals surface area contributed by atoms with E-state index in [-0.39, 0.29) is 17.2 Å². The molecule has 2 aromatic heterocycles. The van der Waals surface area contributed by atoms with Crippen LogP contribution in [0.1, 0.15) is 29.8 Å². The van der Waals surface area contributed by atoms with Crippen LogP contribution in [-0.4, -0.2) is 63.9 Å². The number of halogens is 1. The molecule has 5 rings (SSSR count). The summed E-state index contributed by atoms with van der Waals surface area (Å²) in [5.41, 5.74) is 1.83. The van der Waals surface area contributed by atoms with E-state index in [4.69, 9.17) is 16.0 Å². The summed E-state index contributed by atoms with van der Waals surface area (Å²) in [4.78, 5) is 29.3. The van der Waals surface area contributed by atoms with Crippen molar-refractivity contribution in [2.45, 2.75) is 25.7 Å². The standard InChI is InChI=1S/C21H24ClN5O2/c1-13-8-23-20(29-13)15-9-26(2)10-21(15)11-27(12-21)19(28)6-5-18-24-16-4-3-14(22)7-17(16)25-18/h3-4,7-8,15H,5-6,9-12H2,1-2H3,(H,24,25). The lowest BCUT2D eigenvalue weighted by atomic mass is 9.71. The topological polar surface area (TPSA) is 78.3 Å². The van der Waals surface area contributed by atoms with Gasteiger partial charge in [-0.05, 0) is 32.2 Å². The Labute approximate surface area is 174 Å². The van der Waals surface area contributed by atoms with E-state index in [1.165, 1.54) is 0 Å². The second-order valence-corrected chi connectivity index (χ2v) is 8.95. The first-order valence-corrected chi connectivity index (χ1v) is 10.3. The van der Waals surface area contributed by atoms with Crippen molar-refractivity contribution in [3.05, 3.63) is 46.9 Å². The third-order valence-electron chi connectivity index (χ3n) is 6.19. The van der Waals surface area contributed by atoms with Gasteiger partial charge in [-0.2, -0.15) is 0 Å². The average molecular weight is 414 g/mol. The van der Waals surface area contributed by atoms with E-state index in [0.29, 0.717) is 17.9 Å². The maximum absolute atomic E-state index is 12.7. The van der Waals surface area contributed by atoms with Crippen molar-refractivity contribution in [3.8, 4) is 0 Å². The van der Waals surface area contributed by atoms with Crippen LogP contribution in [0.4, 0.5) is 0 Å². The zero-order chi connectivity index (χ0) is 20.2. The number of rotatable bonds is 4. The summed E-state index contributed by atoms with van der Waals surface area (Å²) < 4.78 is 5.82. The highest BCUT2D eigenvalue weighted by molar-refractivity contribution is 6.31. The summed E-state index contributed by atoms with van der Waals surface area (Å²) in [7, 11) is 2.12. The number of imidazole rings is 1. The fraction of sp³-hybridized carbons (Fsp3) is 0.476. The SMILES string of the molecule is Cc1cnc(C2CN(C)CC23CN(C(=O)CCc2nc4ccc(Cl)cc4[nH]2)C3)o1. The Bertz CT molecular complexity index is 1070. The second kappa shape index (κ2) is 6.85. The molecule has 152 valence electrons. The molecule has 2 saturated heterocycles. The minimum Gasteiger partial charge on any atom is -0.446 e. The Morgan fingerprint density at radius 1 is 1.38 bits per heavy atom. The first-order chi connectivity index (χ1) is 13.9. The molecule has 1 unspecified atom stereocenters. The average Bonchev–Trinajstić information content (AvgIpc) is 3.34. The minimum atomic E-state index is 0.0534. The van der Waals surface area contributed by atoms with Crippen molar-refractivity contribution in [3.63, 3.8) is 0 Å². The summed E-state index contributed by atoms with van der Waals surface area (Å²) in [6.07, 6.45) is 2.82. The lowest BCUT2D eigenvalue weighted by Gasteiger charge is -2.50. The summed E-state index contributed by atoms with van der Waals surface area (Å²) in [5, 5.41) is 0.673. The number of aryl methyl sites for hydroxylation is 2. The molecule has 2 fully saturated rings. The third-order valence-corrected chi connectivity index (χ3v) is 6.42. The van der Waals surface area contributed by atoms with Gasteiger partial charge in [-0.25, -0.2) is 9.97 Å². The number of aromatic amines is 1.